The van der Waals surface area contributed by atoms with E-state index >= 15 is 0 Å². The molecule has 11 nitrogen and oxygen atoms in total. The molecule has 1 aromatic rings. The maximum atomic E-state index is 12.8. The normalized spacial score (nSPS) is 26.7. The molecule has 0 spiro atoms. The molecule has 4 rings (SSSR count). The third-order valence-corrected chi connectivity index (χ3v) is 6.28. The summed E-state index contributed by atoms with van der Waals surface area (Å²) in [5.74, 6) is -1.19. The lowest BCUT2D eigenvalue weighted by molar-refractivity contribution is -0.140. The Bertz CT molecular complexity index is 881. The highest BCUT2D eigenvalue weighted by atomic mass is 16.7. The van der Waals surface area contributed by atoms with Gasteiger partial charge in [-0.25, -0.2) is 9.59 Å². The number of benzene rings is 1. The van der Waals surface area contributed by atoms with Gasteiger partial charge in [0.2, 0.25) is 5.91 Å². The van der Waals surface area contributed by atoms with Crippen LogP contribution in [0.4, 0.5) is 9.59 Å². The van der Waals surface area contributed by atoms with Gasteiger partial charge in [-0.15, -0.1) is 0 Å². The zero-order valence-corrected chi connectivity index (χ0v) is 17.5. The first-order valence-corrected chi connectivity index (χ1v) is 10.8. The van der Waals surface area contributed by atoms with Crippen LogP contribution in [0.2, 0.25) is 0 Å². The molecule has 0 radical (unpaired) electrons. The summed E-state index contributed by atoms with van der Waals surface area (Å²) in [7, 11) is 0. The zero-order valence-electron chi connectivity index (χ0n) is 17.5. The van der Waals surface area contributed by atoms with Gasteiger partial charge < -0.3 is 15.3 Å². The van der Waals surface area contributed by atoms with Gasteiger partial charge in [0.25, 0.3) is 5.91 Å². The fourth-order valence-electron chi connectivity index (χ4n) is 4.62. The number of nitrogens with one attached hydrogen (secondary N) is 3. The van der Waals surface area contributed by atoms with Crippen molar-refractivity contribution in [2.24, 2.45) is 5.92 Å². The highest BCUT2D eigenvalue weighted by Gasteiger charge is 2.48. The van der Waals surface area contributed by atoms with E-state index in [-0.39, 0.29) is 36.5 Å². The van der Waals surface area contributed by atoms with E-state index in [2.05, 4.69) is 16.2 Å². The van der Waals surface area contributed by atoms with Gasteiger partial charge in [0.15, 0.2) is 0 Å². The second-order valence-electron chi connectivity index (χ2n) is 8.40. The molecule has 172 valence electrons. The molecule has 2 heterocycles. The van der Waals surface area contributed by atoms with E-state index in [9.17, 15) is 19.2 Å². The number of hydrogen-bond donors (Lipinski definition) is 4. The fraction of sp³-hybridized carbons (Fsp3) is 0.524. The molecular weight excluding hydrogens is 418 g/mol. The van der Waals surface area contributed by atoms with E-state index in [1.165, 1.54) is 9.96 Å². The fourth-order valence-corrected chi connectivity index (χ4v) is 4.62. The highest BCUT2D eigenvalue weighted by molar-refractivity contribution is 5.90. The Balaban J connectivity index is 1.26. The number of amides is 5. The summed E-state index contributed by atoms with van der Waals surface area (Å²) in [6.07, 6.45) is 1.47. The monoisotopic (exact) mass is 445 g/mol. The largest absolute Gasteiger partial charge is 0.465 e. The molecule has 32 heavy (non-hydrogen) atoms. The average Bonchev–Trinajstić information content (AvgIpc) is 3.34. The number of carbonyl (C=O) groups is 4. The molecule has 3 aliphatic rings. The predicted octanol–water partition coefficient (Wildman–Crippen LogP) is 0.971. The second-order valence-corrected chi connectivity index (χ2v) is 8.40. The summed E-state index contributed by atoms with van der Waals surface area (Å²) >= 11 is 0. The highest BCUT2D eigenvalue weighted by Crippen LogP contribution is 2.30. The van der Waals surface area contributed by atoms with Crippen molar-refractivity contribution in [1.82, 2.24) is 26.1 Å². The van der Waals surface area contributed by atoms with Crippen LogP contribution in [0.3, 0.4) is 0 Å². The molecule has 1 saturated carbocycles. The van der Waals surface area contributed by atoms with Gasteiger partial charge in [-0.1, -0.05) is 30.3 Å². The van der Waals surface area contributed by atoms with Gasteiger partial charge >= 0.3 is 12.1 Å². The zero-order chi connectivity index (χ0) is 22.7. The third-order valence-electron chi connectivity index (χ3n) is 6.28. The van der Waals surface area contributed by atoms with Gasteiger partial charge in [-0.05, 0) is 37.7 Å². The van der Waals surface area contributed by atoms with Gasteiger partial charge in [0.05, 0.1) is 6.04 Å². The first-order valence-electron chi connectivity index (χ1n) is 10.8. The van der Waals surface area contributed by atoms with Crippen molar-refractivity contribution < 1.29 is 29.1 Å². The number of carbonyl (C=O) groups excluding carboxylic acids is 3. The maximum absolute atomic E-state index is 12.8. The number of carboxylic acid groups (broad SMARTS) is 1. The van der Waals surface area contributed by atoms with Crippen LogP contribution in [-0.4, -0.2) is 63.7 Å². The Kier molecular flexibility index (Phi) is 6.45. The van der Waals surface area contributed by atoms with Crippen molar-refractivity contribution in [3.63, 3.8) is 0 Å². The minimum Gasteiger partial charge on any atom is -0.465 e. The number of nitrogens with zero attached hydrogens (tertiary/aromatic N) is 2. The Labute approximate surface area is 185 Å². The number of urea groups is 1. The van der Waals surface area contributed by atoms with Crippen LogP contribution in [0.25, 0.3) is 0 Å². The lowest BCUT2D eigenvalue weighted by atomic mass is 10.0. The number of fused-ring (bicyclic) bond motifs is 2. The number of piperidine rings is 1. The van der Waals surface area contributed by atoms with E-state index in [0.29, 0.717) is 38.6 Å². The topological polar surface area (TPSA) is 140 Å². The van der Waals surface area contributed by atoms with Crippen molar-refractivity contribution in [3.05, 3.63) is 35.9 Å². The molecule has 3 fully saturated rings. The summed E-state index contributed by atoms with van der Waals surface area (Å²) in [4.78, 5) is 55.8. The lowest BCUT2D eigenvalue weighted by Gasteiger charge is -2.29. The van der Waals surface area contributed by atoms with E-state index < -0.39 is 18.0 Å². The Morgan fingerprint density at radius 1 is 1.03 bits per heavy atom. The third kappa shape index (κ3) is 4.77. The summed E-state index contributed by atoms with van der Waals surface area (Å²) in [6.45, 7) is 0.660. The standard InChI is InChI=1S/C21H27N5O6/c27-18(14-6-7-15(10-14)22-20(29)30)23-24-19(28)17-9-8-16-11-25(17)21(31)26(16)32-12-13-4-2-1-3-5-13/h1-5,14-17,22H,6-12H2,(H,23,27)(H,24,28)(H,29,30)/t14-,15+,16+,17-/m0/s1. The first-order chi connectivity index (χ1) is 15.4. The lowest BCUT2D eigenvalue weighted by Crippen LogP contribution is -2.54. The molecule has 0 unspecified atom stereocenters. The number of hydroxylamine groups is 2. The van der Waals surface area contributed by atoms with Crippen molar-refractivity contribution in [2.75, 3.05) is 6.54 Å². The van der Waals surface area contributed by atoms with Gasteiger partial charge in [-0.2, -0.15) is 5.06 Å². The predicted molar refractivity (Wildman–Crippen MR) is 111 cm³/mol. The van der Waals surface area contributed by atoms with Crippen LogP contribution in [0, 0.1) is 5.92 Å². The van der Waals surface area contributed by atoms with E-state index in [4.69, 9.17) is 9.94 Å². The molecule has 5 amide bonds. The van der Waals surface area contributed by atoms with Crippen molar-refractivity contribution in [2.45, 2.75) is 56.8 Å². The summed E-state index contributed by atoms with van der Waals surface area (Å²) in [5.41, 5.74) is 5.81. The van der Waals surface area contributed by atoms with E-state index in [0.717, 1.165) is 5.56 Å². The minimum absolute atomic E-state index is 0.109. The van der Waals surface area contributed by atoms with Crippen LogP contribution in [0.1, 0.15) is 37.7 Å². The molecule has 1 aliphatic carbocycles. The van der Waals surface area contributed by atoms with Crippen LogP contribution in [-0.2, 0) is 21.0 Å². The van der Waals surface area contributed by atoms with Crippen LogP contribution >= 0.6 is 0 Å². The summed E-state index contributed by atoms with van der Waals surface area (Å²) < 4.78 is 0. The van der Waals surface area contributed by atoms with Crippen molar-refractivity contribution in [3.8, 4) is 0 Å². The minimum atomic E-state index is -1.11. The van der Waals surface area contributed by atoms with Crippen LogP contribution in [0.5, 0.6) is 0 Å². The molecule has 1 aromatic carbocycles. The smallest absolute Gasteiger partial charge is 0.404 e. The van der Waals surface area contributed by atoms with Crippen molar-refractivity contribution >= 4 is 23.9 Å². The quantitative estimate of drug-likeness (QED) is 0.481. The Morgan fingerprint density at radius 3 is 2.53 bits per heavy atom. The SMILES string of the molecule is O=C(O)N[C@@H]1CC[C@H](C(=O)NNC(=O)[C@@H]2CC[C@@H]3CN2C(=O)N3OCc2ccccc2)C1. The molecule has 4 N–H and O–H groups in total. The van der Waals surface area contributed by atoms with Crippen molar-refractivity contribution in [1.29, 1.82) is 0 Å². The summed E-state index contributed by atoms with van der Waals surface area (Å²) in [6, 6.07) is 8.11. The molecule has 2 bridgehead atoms. The number of hydrazine groups is 1. The van der Waals surface area contributed by atoms with Crippen LogP contribution < -0.4 is 16.2 Å². The molecule has 2 saturated heterocycles. The Hall–Kier alpha value is -3.34. The second kappa shape index (κ2) is 9.43. The molecule has 2 aliphatic heterocycles. The van der Waals surface area contributed by atoms with Gasteiger partial charge in [0, 0.05) is 18.5 Å². The molecule has 4 atom stereocenters. The van der Waals surface area contributed by atoms with E-state index in [1.54, 1.807) is 0 Å². The summed E-state index contributed by atoms with van der Waals surface area (Å²) in [5, 5.41) is 12.5. The molecule has 0 aromatic heterocycles. The van der Waals surface area contributed by atoms with Crippen LogP contribution in [0.15, 0.2) is 30.3 Å². The van der Waals surface area contributed by atoms with Gasteiger partial charge in [0.1, 0.15) is 12.6 Å². The maximum Gasteiger partial charge on any atom is 0.404 e. The Morgan fingerprint density at radius 2 is 1.78 bits per heavy atom. The average molecular weight is 445 g/mol. The molecule has 11 heteroatoms. The molecular formula is C21H27N5O6. The van der Waals surface area contributed by atoms with Gasteiger partial charge in [-0.3, -0.25) is 25.3 Å². The van der Waals surface area contributed by atoms with E-state index in [1.807, 2.05) is 30.3 Å². The number of rotatable bonds is 6. The number of hydrogen-bond acceptors (Lipinski definition) is 5. The first kappa shape index (κ1) is 21.9.